The number of hydrogen-bond acceptors (Lipinski definition) is 6. The highest BCUT2D eigenvalue weighted by Gasteiger charge is 2.28. The van der Waals surface area contributed by atoms with E-state index in [-0.39, 0.29) is 10.8 Å². The van der Waals surface area contributed by atoms with Crippen molar-refractivity contribution < 1.29 is 22.7 Å². The lowest BCUT2D eigenvalue weighted by molar-refractivity contribution is -0.114. The first-order valence-corrected chi connectivity index (χ1v) is 14.0. The predicted octanol–water partition coefficient (Wildman–Crippen LogP) is 3.47. The van der Waals surface area contributed by atoms with E-state index in [1.807, 2.05) is 16.7 Å². The van der Waals surface area contributed by atoms with E-state index in [1.54, 1.807) is 13.2 Å². The number of thiazole rings is 1. The fourth-order valence-electron chi connectivity index (χ4n) is 4.27. The van der Waals surface area contributed by atoms with Crippen LogP contribution in [0.15, 0.2) is 52.4 Å². The van der Waals surface area contributed by atoms with Crippen molar-refractivity contribution in [2.45, 2.75) is 38.1 Å². The second-order valence-electron chi connectivity index (χ2n) is 8.94. The van der Waals surface area contributed by atoms with Gasteiger partial charge in [0.05, 0.1) is 21.7 Å². The number of hydrogen-bond donors (Lipinski definition) is 1. The summed E-state index contributed by atoms with van der Waals surface area (Å²) >= 11 is 1.33. The van der Waals surface area contributed by atoms with Gasteiger partial charge < -0.3 is 14.6 Å². The molecule has 1 aromatic heterocycles. The van der Waals surface area contributed by atoms with Crippen LogP contribution < -0.4 is 10.1 Å². The van der Waals surface area contributed by atoms with Crippen molar-refractivity contribution in [1.82, 2.24) is 8.87 Å². The molecule has 2 aromatic carbocycles. The maximum atomic E-state index is 13.0. The lowest BCUT2D eigenvalue weighted by Crippen LogP contribution is -2.39. The van der Waals surface area contributed by atoms with E-state index in [9.17, 15) is 18.0 Å². The molecule has 11 heteroatoms. The van der Waals surface area contributed by atoms with Crippen LogP contribution >= 0.6 is 11.3 Å². The van der Waals surface area contributed by atoms with Gasteiger partial charge in [0.15, 0.2) is 4.80 Å². The van der Waals surface area contributed by atoms with Gasteiger partial charge in [-0.3, -0.25) is 9.59 Å². The Kier molecular flexibility index (Phi) is 8.04. The molecule has 1 aliphatic rings. The summed E-state index contributed by atoms with van der Waals surface area (Å²) < 4.78 is 35.6. The summed E-state index contributed by atoms with van der Waals surface area (Å²) in [5.74, 6) is -0.308. The molecule has 1 saturated heterocycles. The fourth-order valence-corrected chi connectivity index (χ4v) is 6.96. The molecular formula is C25H30N4O5S2. The number of benzene rings is 2. The summed E-state index contributed by atoms with van der Waals surface area (Å²) in [6.07, 6.45) is 1.87. The van der Waals surface area contributed by atoms with Gasteiger partial charge in [-0.05, 0) is 61.2 Å². The Hall–Kier alpha value is -2.86. The number of nitrogens with one attached hydrogen (secondary N) is 1. The first-order valence-electron chi connectivity index (χ1n) is 11.8. The molecular weight excluding hydrogens is 500 g/mol. The number of anilines is 1. The van der Waals surface area contributed by atoms with Gasteiger partial charge >= 0.3 is 0 Å². The highest BCUT2D eigenvalue weighted by Crippen LogP contribution is 2.24. The minimum absolute atomic E-state index is 0.168. The Labute approximate surface area is 214 Å². The van der Waals surface area contributed by atoms with Gasteiger partial charge in [0.2, 0.25) is 15.9 Å². The van der Waals surface area contributed by atoms with Gasteiger partial charge in [-0.15, -0.1) is 0 Å². The number of amides is 2. The number of piperidine rings is 1. The first kappa shape index (κ1) is 26.2. The third-order valence-electron chi connectivity index (χ3n) is 6.08. The highest BCUT2D eigenvalue weighted by molar-refractivity contribution is 7.89. The maximum absolute atomic E-state index is 13.0. The molecule has 3 aromatic rings. The average Bonchev–Trinajstić information content (AvgIpc) is 3.18. The molecule has 2 heterocycles. The van der Waals surface area contributed by atoms with Crippen molar-refractivity contribution in [2.24, 2.45) is 10.9 Å². The lowest BCUT2D eigenvalue weighted by Gasteiger charge is -2.30. The normalized spacial score (nSPS) is 17.4. The fraction of sp³-hybridized carbons (Fsp3) is 0.400. The van der Waals surface area contributed by atoms with Gasteiger partial charge in [0.25, 0.3) is 5.91 Å². The van der Waals surface area contributed by atoms with Crippen molar-refractivity contribution in [3.8, 4) is 0 Å². The van der Waals surface area contributed by atoms with Crippen LogP contribution in [0.4, 0.5) is 5.69 Å². The zero-order valence-corrected chi connectivity index (χ0v) is 22.2. The van der Waals surface area contributed by atoms with E-state index in [0.29, 0.717) is 48.2 Å². The summed E-state index contributed by atoms with van der Waals surface area (Å²) in [4.78, 5) is 29.4. The molecule has 4 rings (SSSR count). The molecule has 36 heavy (non-hydrogen) atoms. The predicted molar refractivity (Wildman–Crippen MR) is 139 cm³/mol. The smallest absolute Gasteiger partial charge is 0.279 e. The molecule has 1 fully saturated rings. The quantitative estimate of drug-likeness (QED) is 0.503. The minimum Gasteiger partial charge on any atom is -0.383 e. The SMILES string of the molecule is COCCn1c(=NC(=O)c2ccc(S(=O)(=O)N3CCCC(C)C3)cc2)sc2cc(NC(C)=O)ccc21. The summed E-state index contributed by atoms with van der Waals surface area (Å²) in [6.45, 7) is 5.45. The van der Waals surface area contributed by atoms with E-state index >= 15 is 0 Å². The van der Waals surface area contributed by atoms with Crippen LogP contribution in [0.1, 0.15) is 37.0 Å². The number of nitrogens with zero attached hydrogens (tertiary/aromatic N) is 3. The van der Waals surface area contributed by atoms with Crippen molar-refractivity contribution in [3.63, 3.8) is 0 Å². The van der Waals surface area contributed by atoms with Gasteiger partial charge in [-0.2, -0.15) is 9.30 Å². The van der Waals surface area contributed by atoms with Gasteiger partial charge in [0, 0.05) is 44.9 Å². The van der Waals surface area contributed by atoms with Crippen LogP contribution in [0.2, 0.25) is 0 Å². The molecule has 0 saturated carbocycles. The lowest BCUT2D eigenvalue weighted by atomic mass is 10.0. The molecule has 0 bridgehead atoms. The van der Waals surface area contributed by atoms with Gasteiger partial charge in [-0.25, -0.2) is 8.42 Å². The van der Waals surface area contributed by atoms with E-state index in [0.717, 1.165) is 23.1 Å². The van der Waals surface area contributed by atoms with E-state index in [4.69, 9.17) is 4.74 Å². The Morgan fingerprint density at radius 1 is 1.19 bits per heavy atom. The van der Waals surface area contributed by atoms with E-state index in [2.05, 4.69) is 17.2 Å². The second kappa shape index (κ2) is 11.0. The second-order valence-corrected chi connectivity index (χ2v) is 11.9. The minimum atomic E-state index is -3.60. The van der Waals surface area contributed by atoms with Crippen molar-refractivity contribution >= 4 is 49.1 Å². The Morgan fingerprint density at radius 3 is 2.61 bits per heavy atom. The van der Waals surface area contributed by atoms with Crippen molar-refractivity contribution in [3.05, 3.63) is 52.8 Å². The highest BCUT2D eigenvalue weighted by atomic mass is 32.2. The standard InChI is InChI=1S/C25H30N4O5S2/c1-17-5-4-12-28(16-17)36(32,33)21-9-6-19(7-10-21)24(31)27-25-29(13-14-34-3)22-11-8-20(26-18(2)30)15-23(22)35-25/h6-11,15,17H,4-5,12-14,16H2,1-3H3,(H,26,30). The maximum Gasteiger partial charge on any atom is 0.279 e. The van der Waals surface area contributed by atoms with Crippen molar-refractivity contribution in [2.75, 3.05) is 32.1 Å². The molecule has 1 aliphatic heterocycles. The van der Waals surface area contributed by atoms with E-state index < -0.39 is 15.9 Å². The van der Waals surface area contributed by atoms with Crippen LogP contribution in [0.5, 0.6) is 0 Å². The van der Waals surface area contributed by atoms with E-state index in [1.165, 1.54) is 46.8 Å². The number of fused-ring (bicyclic) bond motifs is 1. The average molecular weight is 531 g/mol. The summed E-state index contributed by atoms with van der Waals surface area (Å²) in [5, 5.41) is 2.76. The number of sulfonamides is 1. The Balaban J connectivity index is 1.64. The third kappa shape index (κ3) is 5.75. The molecule has 0 radical (unpaired) electrons. The summed E-state index contributed by atoms with van der Waals surface area (Å²) in [7, 11) is -1.99. The molecule has 2 amide bonds. The number of carbonyl (C=O) groups excluding carboxylic acids is 2. The van der Waals surface area contributed by atoms with Crippen LogP contribution in [0.3, 0.4) is 0 Å². The number of ether oxygens (including phenoxy) is 1. The molecule has 9 nitrogen and oxygen atoms in total. The number of carbonyl (C=O) groups is 2. The number of methoxy groups -OCH3 is 1. The first-order chi connectivity index (χ1) is 17.2. The molecule has 0 spiro atoms. The summed E-state index contributed by atoms with van der Waals surface area (Å²) in [6, 6.07) is 11.5. The number of rotatable bonds is 7. The van der Waals surface area contributed by atoms with Gasteiger partial charge in [-0.1, -0.05) is 18.3 Å². The summed E-state index contributed by atoms with van der Waals surface area (Å²) in [5.41, 5.74) is 1.83. The van der Waals surface area contributed by atoms with Crippen LogP contribution in [-0.2, 0) is 26.1 Å². The monoisotopic (exact) mass is 530 g/mol. The van der Waals surface area contributed by atoms with Crippen molar-refractivity contribution in [1.29, 1.82) is 0 Å². The Morgan fingerprint density at radius 2 is 1.94 bits per heavy atom. The zero-order chi connectivity index (χ0) is 25.9. The third-order valence-corrected chi connectivity index (χ3v) is 9.00. The molecule has 1 unspecified atom stereocenters. The largest absolute Gasteiger partial charge is 0.383 e. The number of aromatic nitrogens is 1. The van der Waals surface area contributed by atoms with Crippen LogP contribution in [0.25, 0.3) is 10.2 Å². The van der Waals surface area contributed by atoms with Crippen LogP contribution in [-0.4, -0.2) is 55.9 Å². The topological polar surface area (TPSA) is 110 Å². The molecule has 1 atom stereocenters. The molecule has 192 valence electrons. The molecule has 1 N–H and O–H groups in total. The molecule has 0 aliphatic carbocycles. The van der Waals surface area contributed by atoms with Gasteiger partial charge in [0.1, 0.15) is 0 Å². The van der Waals surface area contributed by atoms with Crippen LogP contribution in [0, 0.1) is 5.92 Å². The Bertz CT molecular complexity index is 1440. The zero-order valence-electron chi connectivity index (χ0n) is 20.6.